The summed E-state index contributed by atoms with van der Waals surface area (Å²) in [4.78, 5) is 77.9. The summed E-state index contributed by atoms with van der Waals surface area (Å²) in [6.45, 7) is 1.87. The lowest BCUT2D eigenvalue weighted by Crippen LogP contribution is -2.52. The van der Waals surface area contributed by atoms with E-state index in [1.807, 2.05) is 0 Å². The maximum Gasteiger partial charge on any atom is 0.255 e. The number of ether oxygens (including phenoxy) is 1. The van der Waals surface area contributed by atoms with Gasteiger partial charge in [0.2, 0.25) is 23.7 Å². The molecule has 68 heavy (non-hydrogen) atoms. The summed E-state index contributed by atoms with van der Waals surface area (Å²) in [6, 6.07) is 19.6. The first-order valence-electron chi connectivity index (χ1n) is 21.5. The van der Waals surface area contributed by atoms with Gasteiger partial charge in [0.25, 0.3) is 11.8 Å². The Labute approximate surface area is 391 Å². The van der Waals surface area contributed by atoms with Crippen LogP contribution in [0.5, 0.6) is 0 Å². The summed E-state index contributed by atoms with van der Waals surface area (Å²) in [5.41, 5.74) is 5.09. The zero-order chi connectivity index (χ0) is 47.3. The zero-order valence-electron chi connectivity index (χ0n) is 36.0. The molecule has 4 aromatic carbocycles. The van der Waals surface area contributed by atoms with Crippen LogP contribution in [0.2, 0.25) is 5.02 Å². The van der Waals surface area contributed by atoms with Crippen molar-refractivity contribution in [1.29, 1.82) is 0 Å². The van der Waals surface area contributed by atoms with Gasteiger partial charge in [-0.05, 0) is 67.1 Å². The Morgan fingerprint density at radius 3 is 2.56 bits per heavy atom. The van der Waals surface area contributed by atoms with Gasteiger partial charge in [-0.1, -0.05) is 35.0 Å². The number of nitrogens with one attached hydrogen (secondary N) is 5. The SMILES string of the molecule is O=C1CCC(N2Cc3c(NC(=O)COCCNCCn4cc(CNC(=O)c5ccc(Nc6ncc7c(n6)-c6ccc(Cl)cc6C(c6c(F)cccc6F)=NC7)cc5)nn4)cccc3C2=O)C(=O)N1. The number of amides is 5. The maximum atomic E-state index is 14.9. The highest BCUT2D eigenvalue weighted by Crippen LogP contribution is 2.35. The Bertz CT molecular complexity index is 2980. The van der Waals surface area contributed by atoms with E-state index < -0.39 is 29.5 Å². The second-order valence-electron chi connectivity index (χ2n) is 16.0. The van der Waals surface area contributed by atoms with Crippen molar-refractivity contribution in [3.63, 3.8) is 0 Å². The van der Waals surface area contributed by atoms with Crippen molar-refractivity contribution in [2.75, 3.05) is 36.9 Å². The molecule has 1 fully saturated rings. The number of anilines is 3. The second-order valence-corrected chi connectivity index (χ2v) is 16.4. The third-order valence-corrected chi connectivity index (χ3v) is 11.6. The van der Waals surface area contributed by atoms with E-state index in [9.17, 15) is 32.8 Å². The molecule has 346 valence electrons. The molecule has 1 saturated heterocycles. The summed E-state index contributed by atoms with van der Waals surface area (Å²) >= 11 is 6.35. The van der Waals surface area contributed by atoms with Crippen molar-refractivity contribution in [3.05, 3.63) is 147 Å². The van der Waals surface area contributed by atoms with Crippen molar-refractivity contribution >= 4 is 64.2 Å². The van der Waals surface area contributed by atoms with E-state index in [0.29, 0.717) is 80.8 Å². The van der Waals surface area contributed by atoms with Gasteiger partial charge in [0.1, 0.15) is 30.0 Å². The van der Waals surface area contributed by atoms with E-state index in [4.69, 9.17) is 21.3 Å². The highest BCUT2D eigenvalue weighted by atomic mass is 35.5. The van der Waals surface area contributed by atoms with E-state index >= 15 is 0 Å². The van der Waals surface area contributed by atoms with Gasteiger partial charge in [-0.2, -0.15) is 0 Å². The highest BCUT2D eigenvalue weighted by molar-refractivity contribution is 6.31. The molecule has 5 heterocycles. The third-order valence-electron chi connectivity index (χ3n) is 11.4. The van der Waals surface area contributed by atoms with Gasteiger partial charge in [0.15, 0.2) is 0 Å². The predicted octanol–water partition coefficient (Wildman–Crippen LogP) is 4.70. The summed E-state index contributed by atoms with van der Waals surface area (Å²) < 4.78 is 37.1. The normalized spacial score (nSPS) is 15.2. The molecule has 3 aliphatic rings. The van der Waals surface area contributed by atoms with Crippen LogP contribution < -0.4 is 26.6 Å². The van der Waals surface area contributed by atoms with Crippen LogP contribution in [0.1, 0.15) is 61.5 Å². The largest absolute Gasteiger partial charge is 0.370 e. The Kier molecular flexibility index (Phi) is 13.3. The van der Waals surface area contributed by atoms with E-state index in [0.717, 1.165) is 0 Å². The number of hydrogen-bond acceptors (Lipinski definition) is 13. The number of fused-ring (bicyclic) bond motifs is 4. The molecular weight excluding hydrogens is 902 g/mol. The number of aromatic nitrogens is 5. The molecule has 1 atom stereocenters. The molecule has 1 unspecified atom stereocenters. The molecule has 5 amide bonds. The Hall–Kier alpha value is -7.81. The Morgan fingerprint density at radius 1 is 0.941 bits per heavy atom. The molecule has 0 saturated carbocycles. The predicted molar refractivity (Wildman–Crippen MR) is 244 cm³/mol. The van der Waals surface area contributed by atoms with Gasteiger partial charge in [0, 0.05) is 82.0 Å². The molecule has 2 aromatic heterocycles. The monoisotopic (exact) mass is 942 g/mol. The van der Waals surface area contributed by atoms with Gasteiger partial charge >= 0.3 is 0 Å². The number of hydrogen-bond donors (Lipinski definition) is 5. The summed E-state index contributed by atoms with van der Waals surface area (Å²) in [7, 11) is 0. The minimum absolute atomic E-state index is 0.0779. The zero-order valence-corrected chi connectivity index (χ0v) is 36.8. The summed E-state index contributed by atoms with van der Waals surface area (Å²) in [5.74, 6) is -3.15. The summed E-state index contributed by atoms with van der Waals surface area (Å²) in [5, 5.41) is 22.9. The van der Waals surface area contributed by atoms with Crippen LogP contribution in [0, 0.1) is 11.6 Å². The first-order chi connectivity index (χ1) is 33.0. The smallest absolute Gasteiger partial charge is 0.255 e. The third kappa shape index (κ3) is 9.97. The van der Waals surface area contributed by atoms with Crippen molar-refractivity contribution in [3.8, 4) is 11.3 Å². The number of imide groups is 1. The molecular formula is C47H41ClF2N12O6. The molecule has 0 radical (unpaired) electrons. The van der Waals surface area contributed by atoms with Crippen molar-refractivity contribution in [2.45, 2.75) is 45.1 Å². The minimum atomic E-state index is -0.756. The number of piperidine rings is 1. The fourth-order valence-electron chi connectivity index (χ4n) is 8.07. The number of rotatable bonds is 16. The quantitative estimate of drug-likeness (QED) is 0.0658. The van der Waals surface area contributed by atoms with Crippen molar-refractivity contribution in [2.24, 2.45) is 4.99 Å². The van der Waals surface area contributed by atoms with Crippen LogP contribution in [0.3, 0.4) is 0 Å². The number of halogens is 3. The van der Waals surface area contributed by atoms with Crippen LogP contribution >= 0.6 is 11.6 Å². The van der Waals surface area contributed by atoms with Crippen molar-refractivity contribution < 1.29 is 37.5 Å². The highest BCUT2D eigenvalue weighted by Gasteiger charge is 2.40. The van der Waals surface area contributed by atoms with E-state index in [1.165, 1.54) is 23.1 Å². The van der Waals surface area contributed by atoms with Crippen LogP contribution in [0.15, 0.2) is 96.2 Å². The van der Waals surface area contributed by atoms with Gasteiger partial charge < -0.3 is 30.9 Å². The first kappa shape index (κ1) is 45.4. The number of carbonyl (C=O) groups is 5. The molecule has 18 nitrogen and oxygen atoms in total. The second kappa shape index (κ2) is 20.0. The van der Waals surface area contributed by atoms with Crippen LogP contribution in [-0.2, 0) is 45.3 Å². The maximum absolute atomic E-state index is 14.9. The van der Waals surface area contributed by atoms with Crippen molar-refractivity contribution in [1.82, 2.24) is 45.8 Å². The summed E-state index contributed by atoms with van der Waals surface area (Å²) in [6.07, 6.45) is 3.73. The molecule has 3 aliphatic heterocycles. The molecule has 0 bridgehead atoms. The molecule has 6 aromatic rings. The standard InChI is InChI=1S/C47H41ClF2N12O6/c48-28-9-12-31-33(19-28)43(41-35(49)4-2-5-36(41)50)52-20-27-21-54-47(58-42(27)31)55-29-10-7-26(8-11-29)44(65)53-22-30-23-61(60-59-30)17-15-51-16-18-68-25-40(64)56-37-6-1-3-32-34(37)24-62(46(32)67)38-13-14-39(63)57-45(38)66/h1-12,19,21,23,38,51H,13-18,20,22,24-25H2,(H,53,65)(H,56,64)(H,54,55,58)(H,57,63,66). The number of aliphatic imine (C=N–C) groups is 1. The van der Waals surface area contributed by atoms with Gasteiger partial charge in [-0.25, -0.2) is 18.7 Å². The lowest BCUT2D eigenvalue weighted by Gasteiger charge is -2.29. The Morgan fingerprint density at radius 2 is 1.75 bits per heavy atom. The van der Waals surface area contributed by atoms with Crippen LogP contribution in [0.25, 0.3) is 11.3 Å². The number of benzene rings is 4. The molecule has 21 heteroatoms. The van der Waals surface area contributed by atoms with Crippen LogP contribution in [0.4, 0.5) is 26.1 Å². The number of carbonyl (C=O) groups excluding carboxylic acids is 5. The lowest BCUT2D eigenvalue weighted by molar-refractivity contribution is -0.137. The van der Waals surface area contributed by atoms with E-state index in [2.05, 4.69) is 46.9 Å². The fraction of sp³-hybridized carbons (Fsp3) is 0.234. The lowest BCUT2D eigenvalue weighted by atomic mass is 9.95. The average molecular weight is 943 g/mol. The van der Waals surface area contributed by atoms with Gasteiger partial charge in [-0.3, -0.25) is 39.0 Å². The molecule has 0 spiro atoms. The van der Waals surface area contributed by atoms with E-state index in [-0.39, 0.29) is 80.6 Å². The fourth-order valence-corrected chi connectivity index (χ4v) is 8.25. The van der Waals surface area contributed by atoms with Gasteiger partial charge in [0.05, 0.1) is 49.4 Å². The Balaban J connectivity index is 0.695. The van der Waals surface area contributed by atoms with E-state index in [1.54, 1.807) is 77.7 Å². The first-order valence-corrected chi connectivity index (χ1v) is 21.9. The average Bonchev–Trinajstić information content (AvgIpc) is 3.89. The minimum Gasteiger partial charge on any atom is -0.370 e. The topological polar surface area (TPSA) is 227 Å². The number of nitrogens with zero attached hydrogens (tertiary/aromatic N) is 7. The van der Waals surface area contributed by atoms with Gasteiger partial charge in [-0.15, -0.1) is 5.10 Å². The molecule has 0 aliphatic carbocycles. The van der Waals surface area contributed by atoms with Crippen LogP contribution in [-0.4, -0.2) is 97.5 Å². The molecule has 9 rings (SSSR count). The molecule has 5 N–H and O–H groups in total.